The van der Waals surface area contributed by atoms with E-state index in [1.165, 1.54) is 6.42 Å². The zero-order valence-electron chi connectivity index (χ0n) is 9.63. The molecule has 0 rings (SSSR count). The molecule has 0 amide bonds. The second-order valence-electron chi connectivity index (χ2n) is 3.93. The molecule has 0 aromatic carbocycles. The Labute approximate surface area is 88.0 Å². The minimum Gasteiger partial charge on any atom is -0.379 e. The molecule has 2 N–H and O–H groups in total. The molecule has 86 valence electrons. The van der Waals surface area contributed by atoms with Crippen molar-refractivity contribution in [3.05, 3.63) is 0 Å². The molecule has 0 unspecified atom stereocenters. The molecule has 0 aromatic rings. The summed E-state index contributed by atoms with van der Waals surface area (Å²) in [7, 11) is 0. The van der Waals surface area contributed by atoms with Gasteiger partial charge in [0.2, 0.25) is 0 Å². The van der Waals surface area contributed by atoms with Crippen LogP contribution in [0.5, 0.6) is 0 Å². The van der Waals surface area contributed by atoms with E-state index in [0.29, 0.717) is 5.92 Å². The molecule has 14 heavy (non-hydrogen) atoms. The van der Waals surface area contributed by atoms with E-state index in [1.54, 1.807) is 0 Å². The van der Waals surface area contributed by atoms with E-state index in [9.17, 15) is 0 Å². The standard InChI is InChI=1S/C11H25NO2/c1-11(2)10-14-9-8-13-7-5-3-4-6-12/h11H,3-10,12H2,1-2H3. The number of unbranched alkanes of at least 4 members (excludes halogenated alkanes) is 2. The van der Waals surface area contributed by atoms with Gasteiger partial charge in [0.05, 0.1) is 13.2 Å². The molecule has 0 saturated heterocycles. The minimum atomic E-state index is 0.611. The molecule has 0 fully saturated rings. The molecule has 0 bridgehead atoms. The van der Waals surface area contributed by atoms with E-state index in [2.05, 4.69) is 13.8 Å². The third-order valence-corrected chi connectivity index (χ3v) is 1.82. The first-order valence-electron chi connectivity index (χ1n) is 5.63. The van der Waals surface area contributed by atoms with E-state index in [0.717, 1.165) is 45.8 Å². The molecule has 0 saturated carbocycles. The van der Waals surface area contributed by atoms with E-state index < -0.39 is 0 Å². The van der Waals surface area contributed by atoms with E-state index in [1.807, 2.05) is 0 Å². The summed E-state index contributed by atoms with van der Waals surface area (Å²) in [6, 6.07) is 0. The van der Waals surface area contributed by atoms with Gasteiger partial charge in [-0.3, -0.25) is 0 Å². The molecule has 3 heteroatoms. The van der Waals surface area contributed by atoms with Gasteiger partial charge in [-0.25, -0.2) is 0 Å². The van der Waals surface area contributed by atoms with Crippen molar-refractivity contribution in [2.45, 2.75) is 33.1 Å². The first-order valence-corrected chi connectivity index (χ1v) is 5.63. The van der Waals surface area contributed by atoms with Crippen LogP contribution in [0, 0.1) is 5.92 Å². The van der Waals surface area contributed by atoms with Gasteiger partial charge in [0.15, 0.2) is 0 Å². The topological polar surface area (TPSA) is 44.5 Å². The fraction of sp³-hybridized carbons (Fsp3) is 1.00. The Morgan fingerprint density at radius 2 is 1.64 bits per heavy atom. The summed E-state index contributed by atoms with van der Waals surface area (Å²) < 4.78 is 10.8. The molecule has 0 aliphatic rings. The van der Waals surface area contributed by atoms with Gasteiger partial charge in [0.25, 0.3) is 0 Å². The summed E-state index contributed by atoms with van der Waals surface area (Å²) >= 11 is 0. The van der Waals surface area contributed by atoms with Crippen molar-refractivity contribution in [1.82, 2.24) is 0 Å². The lowest BCUT2D eigenvalue weighted by molar-refractivity contribution is 0.0366. The zero-order chi connectivity index (χ0) is 10.6. The molecule has 0 spiro atoms. The molecule has 0 aliphatic carbocycles. The van der Waals surface area contributed by atoms with E-state index in [4.69, 9.17) is 15.2 Å². The van der Waals surface area contributed by atoms with Crippen LogP contribution < -0.4 is 5.73 Å². The molecular formula is C11H25NO2. The second kappa shape index (κ2) is 11.0. The summed E-state index contributed by atoms with van der Waals surface area (Å²) in [5, 5.41) is 0. The third kappa shape index (κ3) is 11.9. The maximum atomic E-state index is 5.40. The fourth-order valence-corrected chi connectivity index (χ4v) is 1.06. The van der Waals surface area contributed by atoms with Crippen molar-refractivity contribution in [3.8, 4) is 0 Å². The average molecular weight is 203 g/mol. The number of rotatable bonds is 10. The molecule has 0 aromatic heterocycles. The van der Waals surface area contributed by atoms with Crippen molar-refractivity contribution >= 4 is 0 Å². The third-order valence-electron chi connectivity index (χ3n) is 1.82. The van der Waals surface area contributed by atoms with Crippen LogP contribution in [-0.2, 0) is 9.47 Å². The Morgan fingerprint density at radius 3 is 2.29 bits per heavy atom. The van der Waals surface area contributed by atoms with E-state index in [-0.39, 0.29) is 0 Å². The van der Waals surface area contributed by atoms with Crippen molar-refractivity contribution in [1.29, 1.82) is 0 Å². The number of ether oxygens (including phenoxy) is 2. The average Bonchev–Trinajstić information content (AvgIpc) is 2.15. The number of hydrogen-bond acceptors (Lipinski definition) is 3. The number of nitrogens with two attached hydrogens (primary N) is 1. The van der Waals surface area contributed by atoms with E-state index >= 15 is 0 Å². The van der Waals surface area contributed by atoms with Crippen molar-refractivity contribution < 1.29 is 9.47 Å². The first kappa shape index (κ1) is 13.9. The smallest absolute Gasteiger partial charge is 0.0700 e. The van der Waals surface area contributed by atoms with Crippen LogP contribution in [0.25, 0.3) is 0 Å². The summed E-state index contributed by atoms with van der Waals surface area (Å²) in [6.07, 6.45) is 3.39. The van der Waals surface area contributed by atoms with Crippen LogP contribution >= 0.6 is 0 Å². The monoisotopic (exact) mass is 203 g/mol. The highest BCUT2D eigenvalue weighted by Crippen LogP contribution is 1.95. The highest BCUT2D eigenvalue weighted by Gasteiger charge is 1.93. The Hall–Kier alpha value is -0.120. The fourth-order valence-electron chi connectivity index (χ4n) is 1.06. The zero-order valence-corrected chi connectivity index (χ0v) is 9.63. The summed E-state index contributed by atoms with van der Waals surface area (Å²) in [5.41, 5.74) is 5.38. The lowest BCUT2D eigenvalue weighted by atomic mass is 10.2. The molecular weight excluding hydrogens is 178 g/mol. The molecule has 3 nitrogen and oxygen atoms in total. The Balaban J connectivity index is 2.85. The van der Waals surface area contributed by atoms with Gasteiger partial charge in [0.1, 0.15) is 0 Å². The van der Waals surface area contributed by atoms with Gasteiger partial charge < -0.3 is 15.2 Å². The quantitative estimate of drug-likeness (QED) is 0.551. The summed E-state index contributed by atoms with van der Waals surface area (Å²) in [6.45, 7) is 8.19. The van der Waals surface area contributed by atoms with Gasteiger partial charge in [-0.2, -0.15) is 0 Å². The van der Waals surface area contributed by atoms with Crippen LogP contribution in [0.1, 0.15) is 33.1 Å². The molecule has 0 heterocycles. The van der Waals surface area contributed by atoms with Gasteiger partial charge in [0, 0.05) is 13.2 Å². The van der Waals surface area contributed by atoms with Crippen LogP contribution in [-0.4, -0.2) is 33.0 Å². The minimum absolute atomic E-state index is 0.611. The maximum absolute atomic E-state index is 5.40. The highest BCUT2D eigenvalue weighted by atomic mass is 16.5. The van der Waals surface area contributed by atoms with Crippen LogP contribution in [0.3, 0.4) is 0 Å². The molecule has 0 radical (unpaired) electrons. The summed E-state index contributed by atoms with van der Waals surface area (Å²) in [5.74, 6) is 0.611. The predicted molar refractivity (Wildman–Crippen MR) is 59.4 cm³/mol. The number of hydrogen-bond donors (Lipinski definition) is 1. The lowest BCUT2D eigenvalue weighted by Crippen LogP contribution is -2.09. The van der Waals surface area contributed by atoms with Gasteiger partial charge >= 0.3 is 0 Å². The van der Waals surface area contributed by atoms with Crippen molar-refractivity contribution in [2.24, 2.45) is 11.7 Å². The SMILES string of the molecule is CC(C)COCCOCCCCCN. The molecule has 0 aliphatic heterocycles. The van der Waals surface area contributed by atoms with Gasteiger partial charge in [-0.05, 0) is 31.7 Å². The van der Waals surface area contributed by atoms with Gasteiger partial charge in [-0.1, -0.05) is 13.8 Å². The van der Waals surface area contributed by atoms with Gasteiger partial charge in [-0.15, -0.1) is 0 Å². The normalized spacial score (nSPS) is 11.1. The van der Waals surface area contributed by atoms with Crippen LogP contribution in [0.4, 0.5) is 0 Å². The Morgan fingerprint density at radius 1 is 0.929 bits per heavy atom. The highest BCUT2D eigenvalue weighted by molar-refractivity contribution is 4.42. The van der Waals surface area contributed by atoms with Crippen LogP contribution in [0.2, 0.25) is 0 Å². The second-order valence-corrected chi connectivity index (χ2v) is 3.93. The summed E-state index contributed by atoms with van der Waals surface area (Å²) in [4.78, 5) is 0. The van der Waals surface area contributed by atoms with Crippen molar-refractivity contribution in [2.75, 3.05) is 33.0 Å². The Bertz CT molecular complexity index is 107. The largest absolute Gasteiger partial charge is 0.379 e. The predicted octanol–water partition coefficient (Wildman–Crippen LogP) is 1.80. The first-order chi connectivity index (χ1) is 6.77. The van der Waals surface area contributed by atoms with Crippen LogP contribution in [0.15, 0.2) is 0 Å². The lowest BCUT2D eigenvalue weighted by Gasteiger charge is -2.07. The maximum Gasteiger partial charge on any atom is 0.0700 e. The van der Waals surface area contributed by atoms with Crippen molar-refractivity contribution in [3.63, 3.8) is 0 Å². The Kier molecular flexibility index (Phi) is 10.9. The molecule has 0 atom stereocenters.